The molecule has 0 fully saturated rings. The quantitative estimate of drug-likeness (QED) is 0.452. The van der Waals surface area contributed by atoms with Crippen LogP contribution < -0.4 is 4.74 Å². The molecule has 7 nitrogen and oxygen atoms in total. The second-order valence-electron chi connectivity index (χ2n) is 5.38. The van der Waals surface area contributed by atoms with Crippen LogP contribution in [0.2, 0.25) is 0 Å². The summed E-state index contributed by atoms with van der Waals surface area (Å²) in [5, 5.41) is 10.9. The number of carbonyl (C=O) groups excluding carboxylic acids is 1. The molecule has 0 amide bonds. The molecule has 1 aromatic carbocycles. The number of rotatable bonds is 6. The Morgan fingerprint density at radius 2 is 1.95 bits per heavy atom. The highest BCUT2D eigenvalue weighted by Gasteiger charge is 2.29. The van der Waals surface area contributed by atoms with Gasteiger partial charge in [0.2, 0.25) is 0 Å². The predicted octanol–water partition coefficient (Wildman–Crippen LogP) is 2.00. The van der Waals surface area contributed by atoms with Crippen LogP contribution >= 0.6 is 0 Å². The van der Waals surface area contributed by atoms with E-state index in [1.165, 1.54) is 12.1 Å². The summed E-state index contributed by atoms with van der Waals surface area (Å²) < 4.78 is 28.1. The van der Waals surface area contributed by atoms with Gasteiger partial charge in [-0.15, -0.1) is 0 Å². The maximum Gasteiger partial charge on any atom is 0.311 e. The number of nitro benzene ring substituents is 1. The maximum atomic E-state index is 11.9. The third-order valence-electron chi connectivity index (χ3n) is 2.86. The highest BCUT2D eigenvalue weighted by Crippen LogP contribution is 2.27. The fraction of sp³-hybridized carbons (Fsp3) is 0.462. The van der Waals surface area contributed by atoms with Gasteiger partial charge in [0.25, 0.3) is 0 Å². The van der Waals surface area contributed by atoms with Crippen LogP contribution in [0.25, 0.3) is 0 Å². The van der Waals surface area contributed by atoms with Crippen LogP contribution in [0.5, 0.6) is 5.75 Å². The number of ether oxygens (including phenoxy) is 1. The standard InChI is InChI=1S/C13H17NO6S/c1-13(2,3)21(18,19)7-6-20-12-5-4-10(9-15)8-11(12)14(16)17/h4-5,8-9H,6-7H2,1-3H3. The normalized spacial score (nSPS) is 12.0. The van der Waals surface area contributed by atoms with Crippen molar-refractivity contribution < 1.29 is 22.9 Å². The van der Waals surface area contributed by atoms with E-state index in [2.05, 4.69) is 0 Å². The fourth-order valence-corrected chi connectivity index (χ4v) is 2.36. The minimum Gasteiger partial charge on any atom is -0.486 e. The molecule has 0 unspecified atom stereocenters. The lowest BCUT2D eigenvalue weighted by Crippen LogP contribution is -2.32. The zero-order chi connectivity index (χ0) is 16.3. The van der Waals surface area contributed by atoms with Crippen molar-refractivity contribution in [2.24, 2.45) is 0 Å². The second kappa shape index (κ2) is 6.21. The average Bonchev–Trinajstić information content (AvgIpc) is 2.37. The summed E-state index contributed by atoms with van der Waals surface area (Å²) >= 11 is 0. The molecule has 0 saturated carbocycles. The van der Waals surface area contributed by atoms with Crippen molar-refractivity contribution in [1.29, 1.82) is 0 Å². The van der Waals surface area contributed by atoms with E-state index >= 15 is 0 Å². The molecule has 0 saturated heterocycles. The van der Waals surface area contributed by atoms with Gasteiger partial charge in [-0.05, 0) is 32.9 Å². The topological polar surface area (TPSA) is 104 Å². The first kappa shape index (κ1) is 17.1. The Labute approximate surface area is 123 Å². The van der Waals surface area contributed by atoms with E-state index < -0.39 is 19.5 Å². The van der Waals surface area contributed by atoms with Crippen molar-refractivity contribution in [2.45, 2.75) is 25.5 Å². The van der Waals surface area contributed by atoms with E-state index in [1.54, 1.807) is 20.8 Å². The van der Waals surface area contributed by atoms with E-state index in [4.69, 9.17) is 4.74 Å². The Morgan fingerprint density at radius 1 is 1.33 bits per heavy atom. The molecule has 0 aliphatic rings. The van der Waals surface area contributed by atoms with Crippen molar-refractivity contribution in [3.05, 3.63) is 33.9 Å². The second-order valence-corrected chi connectivity index (χ2v) is 8.24. The van der Waals surface area contributed by atoms with Crippen LogP contribution in [0, 0.1) is 10.1 Å². The first-order valence-electron chi connectivity index (χ1n) is 6.17. The zero-order valence-corrected chi connectivity index (χ0v) is 12.8. The van der Waals surface area contributed by atoms with Gasteiger partial charge >= 0.3 is 5.69 Å². The minimum atomic E-state index is -3.36. The molecule has 21 heavy (non-hydrogen) atoms. The van der Waals surface area contributed by atoms with Crippen LogP contribution in [0.15, 0.2) is 18.2 Å². The van der Waals surface area contributed by atoms with Crippen LogP contribution in [0.4, 0.5) is 5.69 Å². The largest absolute Gasteiger partial charge is 0.486 e. The monoisotopic (exact) mass is 315 g/mol. The smallest absolute Gasteiger partial charge is 0.311 e. The van der Waals surface area contributed by atoms with Crippen molar-refractivity contribution in [2.75, 3.05) is 12.4 Å². The molecule has 116 valence electrons. The molecule has 0 heterocycles. The lowest BCUT2D eigenvalue weighted by molar-refractivity contribution is -0.385. The van der Waals surface area contributed by atoms with E-state index in [0.717, 1.165) is 6.07 Å². The molecule has 0 radical (unpaired) electrons. The molecule has 1 rings (SSSR count). The van der Waals surface area contributed by atoms with Gasteiger partial charge < -0.3 is 4.74 Å². The summed E-state index contributed by atoms with van der Waals surface area (Å²) in [6.07, 6.45) is 0.487. The molecule has 0 N–H and O–H groups in total. The third-order valence-corrected chi connectivity index (χ3v) is 5.43. The van der Waals surface area contributed by atoms with Crippen molar-refractivity contribution in [1.82, 2.24) is 0 Å². The number of nitrogens with zero attached hydrogens (tertiary/aromatic N) is 1. The van der Waals surface area contributed by atoms with Gasteiger partial charge in [0.05, 0.1) is 15.4 Å². The molecule has 0 aliphatic heterocycles. The van der Waals surface area contributed by atoms with E-state index in [0.29, 0.717) is 6.29 Å². The number of sulfone groups is 1. The first-order chi connectivity index (χ1) is 9.58. The van der Waals surface area contributed by atoms with Crippen LogP contribution in [-0.2, 0) is 9.84 Å². The molecular weight excluding hydrogens is 298 g/mol. The number of carbonyl (C=O) groups is 1. The Balaban J connectivity index is 2.86. The Morgan fingerprint density at radius 3 is 2.43 bits per heavy atom. The van der Waals surface area contributed by atoms with E-state index in [9.17, 15) is 23.3 Å². The number of aldehydes is 1. The number of nitro groups is 1. The highest BCUT2D eigenvalue weighted by atomic mass is 32.2. The van der Waals surface area contributed by atoms with Gasteiger partial charge in [0, 0.05) is 11.6 Å². The molecule has 1 aromatic rings. The highest BCUT2D eigenvalue weighted by molar-refractivity contribution is 7.92. The van der Waals surface area contributed by atoms with Crippen LogP contribution in [0.1, 0.15) is 31.1 Å². The zero-order valence-electron chi connectivity index (χ0n) is 12.0. The molecule has 8 heteroatoms. The molecule has 0 aromatic heterocycles. The van der Waals surface area contributed by atoms with Crippen LogP contribution in [0.3, 0.4) is 0 Å². The molecular formula is C13H17NO6S. The van der Waals surface area contributed by atoms with Gasteiger partial charge in [0.1, 0.15) is 12.9 Å². The Hall–Kier alpha value is -1.96. The molecule has 0 atom stereocenters. The average molecular weight is 315 g/mol. The molecule has 0 bridgehead atoms. The van der Waals surface area contributed by atoms with Gasteiger partial charge in [0.15, 0.2) is 15.6 Å². The fourth-order valence-electron chi connectivity index (χ4n) is 1.44. The van der Waals surface area contributed by atoms with Gasteiger partial charge in [-0.25, -0.2) is 8.42 Å². The SMILES string of the molecule is CC(C)(C)S(=O)(=O)CCOc1ccc(C=O)cc1[N+](=O)[O-]. The van der Waals surface area contributed by atoms with Crippen molar-refractivity contribution in [3.63, 3.8) is 0 Å². The van der Waals surface area contributed by atoms with E-state index in [1.807, 2.05) is 0 Å². The lowest BCUT2D eigenvalue weighted by atomic mass is 10.2. The lowest BCUT2D eigenvalue weighted by Gasteiger charge is -2.19. The third kappa shape index (κ3) is 4.25. The van der Waals surface area contributed by atoms with Gasteiger partial charge in [-0.1, -0.05) is 0 Å². The minimum absolute atomic E-state index is 0.0605. The van der Waals surface area contributed by atoms with Crippen LogP contribution in [-0.4, -0.2) is 36.7 Å². The van der Waals surface area contributed by atoms with Crippen molar-refractivity contribution in [3.8, 4) is 5.75 Å². The molecule has 0 aliphatic carbocycles. The number of hydrogen-bond donors (Lipinski definition) is 0. The van der Waals surface area contributed by atoms with Gasteiger partial charge in [-0.2, -0.15) is 0 Å². The van der Waals surface area contributed by atoms with E-state index in [-0.39, 0.29) is 29.4 Å². The molecule has 0 spiro atoms. The Bertz CT molecular complexity index is 645. The summed E-state index contributed by atoms with van der Waals surface area (Å²) in [5.74, 6) is -0.307. The summed E-state index contributed by atoms with van der Waals surface area (Å²) in [7, 11) is -3.36. The summed E-state index contributed by atoms with van der Waals surface area (Å²) in [4.78, 5) is 20.8. The number of benzene rings is 1. The Kier molecular flexibility index (Phi) is 5.06. The summed E-state index contributed by atoms with van der Waals surface area (Å²) in [6, 6.07) is 3.74. The van der Waals surface area contributed by atoms with Gasteiger partial charge in [-0.3, -0.25) is 14.9 Å². The predicted molar refractivity (Wildman–Crippen MR) is 77.5 cm³/mol. The maximum absolute atomic E-state index is 11.9. The first-order valence-corrected chi connectivity index (χ1v) is 7.82. The summed E-state index contributed by atoms with van der Waals surface area (Å²) in [5.41, 5.74) is -0.218. The number of hydrogen-bond acceptors (Lipinski definition) is 6. The summed E-state index contributed by atoms with van der Waals surface area (Å²) in [6.45, 7) is 4.53. The van der Waals surface area contributed by atoms with Crippen molar-refractivity contribution >= 4 is 21.8 Å².